The maximum atomic E-state index is 11.6. The number of hydrogen-bond donors (Lipinski definition) is 1. The van der Waals surface area contributed by atoms with Gasteiger partial charge >= 0.3 is 5.69 Å². The summed E-state index contributed by atoms with van der Waals surface area (Å²) in [5, 5.41) is 13.6. The zero-order valence-electron chi connectivity index (χ0n) is 11.9. The van der Waals surface area contributed by atoms with Gasteiger partial charge in [0.1, 0.15) is 5.75 Å². The van der Waals surface area contributed by atoms with E-state index >= 15 is 0 Å². The number of aryl methyl sites for hydroxylation is 1. The lowest BCUT2D eigenvalue weighted by molar-refractivity contribution is -0.385. The molecular weight excluding hydrogens is 399 g/mol. The van der Waals surface area contributed by atoms with Crippen LogP contribution in [0.3, 0.4) is 0 Å². The highest BCUT2D eigenvalue weighted by Gasteiger charge is 2.19. The summed E-state index contributed by atoms with van der Waals surface area (Å²) < 4.78 is 6.51. The summed E-state index contributed by atoms with van der Waals surface area (Å²) in [5.74, 6) is 0.248. The molecule has 22 heavy (non-hydrogen) atoms. The molecule has 0 fully saturated rings. The van der Waals surface area contributed by atoms with Crippen LogP contribution in [0, 0.1) is 20.6 Å². The van der Waals surface area contributed by atoms with Gasteiger partial charge in [-0.15, -0.1) is 0 Å². The first-order valence-corrected chi connectivity index (χ1v) is 7.44. The number of carbonyl (C=O) groups excluding carboxylic acids is 1. The van der Waals surface area contributed by atoms with Gasteiger partial charge in [-0.25, -0.2) is 0 Å². The molecule has 0 saturated carbocycles. The Hall–Kier alpha value is -2.16. The molecule has 2 rings (SSSR count). The molecule has 0 spiro atoms. The SMILES string of the molecule is CNC(=O)c1ccc(Oc2cc(C)ccc2I)c([N+](=O)[O-])c1. The topological polar surface area (TPSA) is 81.5 Å². The minimum absolute atomic E-state index is 0.0983. The molecular formula is C15H13IN2O4. The quantitative estimate of drug-likeness (QED) is 0.472. The summed E-state index contributed by atoms with van der Waals surface area (Å²) in [7, 11) is 1.47. The number of carbonyl (C=O) groups is 1. The van der Waals surface area contributed by atoms with Crippen molar-refractivity contribution >= 4 is 34.2 Å². The minimum atomic E-state index is -0.565. The van der Waals surface area contributed by atoms with Crippen molar-refractivity contribution in [1.29, 1.82) is 0 Å². The summed E-state index contributed by atoms with van der Waals surface area (Å²) in [5.41, 5.74) is 0.943. The monoisotopic (exact) mass is 412 g/mol. The van der Waals surface area contributed by atoms with Crippen molar-refractivity contribution < 1.29 is 14.5 Å². The molecule has 1 N–H and O–H groups in total. The lowest BCUT2D eigenvalue weighted by Gasteiger charge is -2.10. The van der Waals surface area contributed by atoms with E-state index < -0.39 is 4.92 Å². The van der Waals surface area contributed by atoms with Gasteiger partial charge in [0.25, 0.3) is 5.91 Å². The molecule has 2 aromatic carbocycles. The van der Waals surface area contributed by atoms with Crippen LogP contribution < -0.4 is 10.1 Å². The summed E-state index contributed by atoms with van der Waals surface area (Å²) in [6.07, 6.45) is 0. The normalized spacial score (nSPS) is 10.1. The van der Waals surface area contributed by atoms with Crippen molar-refractivity contribution in [2.75, 3.05) is 7.05 Å². The van der Waals surface area contributed by atoms with E-state index in [0.29, 0.717) is 5.75 Å². The number of nitro groups is 1. The Labute approximate surface area is 140 Å². The van der Waals surface area contributed by atoms with Crippen molar-refractivity contribution in [3.05, 3.63) is 61.2 Å². The highest BCUT2D eigenvalue weighted by atomic mass is 127. The summed E-state index contributed by atoms with van der Waals surface area (Å²) in [6, 6.07) is 9.73. The molecule has 7 heteroatoms. The predicted octanol–water partition coefficient (Wildman–Crippen LogP) is 3.66. The van der Waals surface area contributed by atoms with Crippen LogP contribution in [-0.4, -0.2) is 17.9 Å². The van der Waals surface area contributed by atoms with E-state index in [2.05, 4.69) is 27.9 Å². The van der Waals surface area contributed by atoms with Crippen molar-refractivity contribution in [2.45, 2.75) is 6.92 Å². The molecule has 0 atom stereocenters. The third-order valence-corrected chi connectivity index (χ3v) is 3.84. The molecule has 1 amide bonds. The van der Waals surface area contributed by atoms with Crippen LogP contribution in [0.25, 0.3) is 0 Å². The molecule has 0 aliphatic rings. The number of rotatable bonds is 4. The molecule has 0 heterocycles. The van der Waals surface area contributed by atoms with Gasteiger partial charge in [-0.2, -0.15) is 0 Å². The third-order valence-electron chi connectivity index (χ3n) is 2.95. The standard InChI is InChI=1S/C15H13IN2O4/c1-9-3-5-11(16)14(7-9)22-13-6-4-10(15(19)17-2)8-12(13)18(20)21/h3-8H,1-2H3,(H,17,19). The fourth-order valence-electron chi connectivity index (χ4n) is 1.84. The summed E-state index contributed by atoms with van der Waals surface area (Å²) >= 11 is 2.10. The maximum absolute atomic E-state index is 11.6. The number of hydrogen-bond acceptors (Lipinski definition) is 4. The molecule has 0 unspecified atom stereocenters. The Balaban J connectivity index is 2.44. The predicted molar refractivity (Wildman–Crippen MR) is 90.5 cm³/mol. The van der Waals surface area contributed by atoms with Crippen LogP contribution in [-0.2, 0) is 0 Å². The van der Waals surface area contributed by atoms with E-state index in [4.69, 9.17) is 4.74 Å². The fraction of sp³-hybridized carbons (Fsp3) is 0.133. The first-order valence-electron chi connectivity index (χ1n) is 6.37. The number of amides is 1. The Morgan fingerprint density at radius 2 is 1.95 bits per heavy atom. The van der Waals surface area contributed by atoms with Gasteiger partial charge in [-0.3, -0.25) is 14.9 Å². The Bertz CT molecular complexity index is 746. The zero-order valence-corrected chi connectivity index (χ0v) is 14.1. The van der Waals surface area contributed by atoms with Crippen LogP contribution in [0.1, 0.15) is 15.9 Å². The first kappa shape index (κ1) is 16.2. The van der Waals surface area contributed by atoms with Gasteiger partial charge in [0.05, 0.1) is 8.49 Å². The molecule has 6 nitrogen and oxygen atoms in total. The van der Waals surface area contributed by atoms with Gasteiger partial charge in [-0.1, -0.05) is 6.07 Å². The van der Waals surface area contributed by atoms with E-state index in [1.807, 2.05) is 19.1 Å². The number of ether oxygens (including phenoxy) is 1. The van der Waals surface area contributed by atoms with E-state index in [0.717, 1.165) is 9.13 Å². The molecule has 0 radical (unpaired) electrons. The van der Waals surface area contributed by atoms with Crippen LogP contribution >= 0.6 is 22.6 Å². The summed E-state index contributed by atoms with van der Waals surface area (Å²) in [4.78, 5) is 22.2. The minimum Gasteiger partial charge on any atom is -0.449 e. The molecule has 0 aromatic heterocycles. The average molecular weight is 412 g/mol. The van der Waals surface area contributed by atoms with E-state index in [-0.39, 0.29) is 22.9 Å². The molecule has 0 saturated heterocycles. The molecule has 0 aliphatic heterocycles. The van der Waals surface area contributed by atoms with E-state index in [1.165, 1.54) is 25.2 Å². The smallest absolute Gasteiger partial charge is 0.312 e. The van der Waals surface area contributed by atoms with Crippen LogP contribution in [0.15, 0.2) is 36.4 Å². The van der Waals surface area contributed by atoms with Gasteiger partial charge in [0.15, 0.2) is 0 Å². The summed E-state index contributed by atoms with van der Waals surface area (Å²) in [6.45, 7) is 1.91. The first-order chi connectivity index (χ1) is 10.4. The lowest BCUT2D eigenvalue weighted by Crippen LogP contribution is -2.17. The second-order valence-electron chi connectivity index (χ2n) is 4.55. The number of nitro benzene ring substituents is 1. The second-order valence-corrected chi connectivity index (χ2v) is 5.72. The van der Waals surface area contributed by atoms with Crippen LogP contribution in [0.5, 0.6) is 11.5 Å². The average Bonchev–Trinajstić information content (AvgIpc) is 2.50. The van der Waals surface area contributed by atoms with E-state index in [1.54, 1.807) is 6.07 Å². The van der Waals surface area contributed by atoms with Gasteiger partial charge in [0.2, 0.25) is 5.75 Å². The number of nitrogens with one attached hydrogen (secondary N) is 1. The van der Waals surface area contributed by atoms with Crippen molar-refractivity contribution in [2.24, 2.45) is 0 Å². The van der Waals surface area contributed by atoms with Crippen molar-refractivity contribution in [1.82, 2.24) is 5.32 Å². The molecule has 114 valence electrons. The highest BCUT2D eigenvalue weighted by Crippen LogP contribution is 2.34. The Morgan fingerprint density at radius 1 is 1.23 bits per heavy atom. The fourth-order valence-corrected chi connectivity index (χ4v) is 2.28. The molecule has 2 aromatic rings. The number of benzene rings is 2. The van der Waals surface area contributed by atoms with Crippen molar-refractivity contribution in [3.63, 3.8) is 0 Å². The van der Waals surface area contributed by atoms with Gasteiger partial charge < -0.3 is 10.1 Å². The number of nitrogens with zero attached hydrogens (tertiary/aromatic N) is 1. The van der Waals surface area contributed by atoms with Crippen molar-refractivity contribution in [3.8, 4) is 11.5 Å². The lowest BCUT2D eigenvalue weighted by atomic mass is 10.1. The van der Waals surface area contributed by atoms with Crippen LogP contribution in [0.4, 0.5) is 5.69 Å². The van der Waals surface area contributed by atoms with Crippen LogP contribution in [0.2, 0.25) is 0 Å². The second kappa shape index (κ2) is 6.73. The maximum Gasteiger partial charge on any atom is 0.312 e. The molecule has 0 aliphatic carbocycles. The zero-order chi connectivity index (χ0) is 16.3. The number of halogens is 1. The highest BCUT2D eigenvalue weighted by molar-refractivity contribution is 14.1. The Morgan fingerprint density at radius 3 is 2.59 bits per heavy atom. The van der Waals surface area contributed by atoms with Gasteiger partial charge in [0, 0.05) is 18.7 Å². The largest absolute Gasteiger partial charge is 0.449 e. The third kappa shape index (κ3) is 3.53. The molecule has 0 bridgehead atoms. The van der Waals surface area contributed by atoms with E-state index in [9.17, 15) is 14.9 Å². The Kier molecular flexibility index (Phi) is 4.96. The van der Waals surface area contributed by atoms with Gasteiger partial charge in [-0.05, 0) is 59.3 Å².